The second-order valence-electron chi connectivity index (χ2n) is 5.86. The number of hydrogen-bond acceptors (Lipinski definition) is 5. The molecule has 25 heavy (non-hydrogen) atoms. The zero-order valence-corrected chi connectivity index (χ0v) is 13.7. The highest BCUT2D eigenvalue weighted by atomic mass is 16.2. The van der Waals surface area contributed by atoms with Crippen LogP contribution in [-0.4, -0.2) is 57.2 Å². The largest absolute Gasteiger partial charge is 0.337 e. The summed E-state index contributed by atoms with van der Waals surface area (Å²) in [5.74, 6) is 0.686. The summed E-state index contributed by atoms with van der Waals surface area (Å²) in [7, 11) is 0. The van der Waals surface area contributed by atoms with Gasteiger partial charge in [-0.1, -0.05) is 30.3 Å². The van der Waals surface area contributed by atoms with Gasteiger partial charge in [-0.15, -0.1) is 0 Å². The van der Waals surface area contributed by atoms with Gasteiger partial charge in [0, 0.05) is 44.1 Å². The summed E-state index contributed by atoms with van der Waals surface area (Å²) in [6.07, 6.45) is 3.46. The molecule has 1 aliphatic rings. The summed E-state index contributed by atoms with van der Waals surface area (Å²) in [6, 6.07) is 13.4. The van der Waals surface area contributed by atoms with Crippen LogP contribution < -0.4 is 4.90 Å². The first-order valence-electron chi connectivity index (χ1n) is 8.23. The fourth-order valence-electron chi connectivity index (χ4n) is 2.92. The number of carbonyl (C=O) groups excluding carboxylic acids is 1. The molecule has 4 rings (SSSR count). The van der Waals surface area contributed by atoms with Crippen LogP contribution >= 0.6 is 0 Å². The fraction of sp³-hybridized carbons (Fsp3) is 0.222. The number of benzene rings is 1. The maximum atomic E-state index is 12.7. The first kappa shape index (κ1) is 15.3. The summed E-state index contributed by atoms with van der Waals surface area (Å²) < 4.78 is 0. The minimum absolute atomic E-state index is 0.0247. The number of hydrogen-bond donors (Lipinski definition) is 1. The van der Waals surface area contributed by atoms with Crippen LogP contribution in [0.1, 0.15) is 10.5 Å². The molecule has 0 bridgehead atoms. The average Bonchev–Trinajstić information content (AvgIpc) is 3.19. The van der Waals surface area contributed by atoms with Crippen molar-refractivity contribution in [1.82, 2.24) is 25.1 Å². The van der Waals surface area contributed by atoms with Crippen molar-refractivity contribution in [2.24, 2.45) is 0 Å². The molecule has 1 fully saturated rings. The molecule has 7 heteroatoms. The number of piperazine rings is 1. The molecule has 1 aliphatic heterocycles. The Morgan fingerprint density at radius 2 is 1.68 bits per heavy atom. The average molecular weight is 334 g/mol. The van der Waals surface area contributed by atoms with Gasteiger partial charge in [0.25, 0.3) is 5.91 Å². The van der Waals surface area contributed by atoms with Gasteiger partial charge in [0.15, 0.2) is 0 Å². The van der Waals surface area contributed by atoms with Gasteiger partial charge in [0.05, 0.1) is 5.69 Å². The third-order valence-corrected chi connectivity index (χ3v) is 4.28. The molecule has 0 spiro atoms. The second-order valence-corrected chi connectivity index (χ2v) is 5.86. The van der Waals surface area contributed by atoms with Gasteiger partial charge in [-0.3, -0.25) is 9.89 Å². The van der Waals surface area contributed by atoms with Crippen molar-refractivity contribution in [1.29, 1.82) is 0 Å². The lowest BCUT2D eigenvalue weighted by atomic mass is 10.1. The Morgan fingerprint density at radius 1 is 0.960 bits per heavy atom. The van der Waals surface area contributed by atoms with Crippen molar-refractivity contribution in [3.05, 3.63) is 60.6 Å². The molecule has 126 valence electrons. The maximum Gasteiger partial charge on any atom is 0.272 e. The van der Waals surface area contributed by atoms with E-state index in [1.165, 1.54) is 0 Å². The van der Waals surface area contributed by atoms with E-state index in [0.29, 0.717) is 24.7 Å². The van der Waals surface area contributed by atoms with Crippen LogP contribution in [0, 0.1) is 0 Å². The molecular weight excluding hydrogens is 316 g/mol. The van der Waals surface area contributed by atoms with Crippen LogP contribution in [0.5, 0.6) is 0 Å². The summed E-state index contributed by atoms with van der Waals surface area (Å²) in [5, 5.41) is 7.13. The van der Waals surface area contributed by atoms with Crippen LogP contribution in [0.15, 0.2) is 54.9 Å². The van der Waals surface area contributed by atoms with Gasteiger partial charge < -0.3 is 9.80 Å². The number of aromatic nitrogens is 4. The van der Waals surface area contributed by atoms with Crippen molar-refractivity contribution in [3.8, 4) is 11.3 Å². The normalized spacial score (nSPS) is 14.6. The zero-order chi connectivity index (χ0) is 17.1. The monoisotopic (exact) mass is 334 g/mol. The first-order chi connectivity index (χ1) is 12.3. The molecule has 3 heterocycles. The third-order valence-electron chi connectivity index (χ3n) is 4.28. The highest BCUT2D eigenvalue weighted by Gasteiger charge is 2.24. The lowest BCUT2D eigenvalue weighted by Gasteiger charge is -2.34. The summed E-state index contributed by atoms with van der Waals surface area (Å²) in [5.41, 5.74) is 2.28. The Balaban J connectivity index is 1.42. The van der Waals surface area contributed by atoms with Crippen molar-refractivity contribution in [2.75, 3.05) is 31.1 Å². The molecule has 0 saturated carbocycles. The predicted molar refractivity (Wildman–Crippen MR) is 94.2 cm³/mol. The van der Waals surface area contributed by atoms with Gasteiger partial charge in [0.1, 0.15) is 5.69 Å². The minimum Gasteiger partial charge on any atom is -0.337 e. The van der Waals surface area contributed by atoms with Crippen molar-refractivity contribution >= 4 is 11.9 Å². The lowest BCUT2D eigenvalue weighted by molar-refractivity contribution is 0.0740. The summed E-state index contributed by atoms with van der Waals surface area (Å²) in [6.45, 7) is 2.71. The standard InChI is InChI=1S/C18H18N6O/c25-17(16-13-15(21-22-16)14-5-2-1-3-6-14)23-9-11-24(12-10-23)18-19-7-4-8-20-18/h1-8,13H,9-12H2,(H,21,22). The molecular formula is C18H18N6O. The van der Waals surface area contributed by atoms with Crippen LogP contribution in [-0.2, 0) is 0 Å². The number of amides is 1. The minimum atomic E-state index is -0.0247. The molecule has 1 saturated heterocycles. The molecule has 3 aromatic rings. The molecule has 1 amide bonds. The van der Waals surface area contributed by atoms with Gasteiger partial charge in [-0.2, -0.15) is 5.10 Å². The summed E-state index contributed by atoms with van der Waals surface area (Å²) >= 11 is 0. The van der Waals surface area contributed by atoms with E-state index in [1.54, 1.807) is 18.5 Å². The third kappa shape index (κ3) is 3.21. The number of nitrogens with one attached hydrogen (secondary N) is 1. The lowest BCUT2D eigenvalue weighted by Crippen LogP contribution is -2.49. The highest BCUT2D eigenvalue weighted by Crippen LogP contribution is 2.18. The number of carbonyl (C=O) groups is 1. The molecule has 0 aliphatic carbocycles. The van der Waals surface area contributed by atoms with Gasteiger partial charge in [-0.05, 0) is 12.1 Å². The Morgan fingerprint density at radius 3 is 2.40 bits per heavy atom. The van der Waals surface area contributed by atoms with E-state index < -0.39 is 0 Å². The summed E-state index contributed by atoms with van der Waals surface area (Å²) in [4.78, 5) is 25.1. The van der Waals surface area contributed by atoms with Crippen molar-refractivity contribution < 1.29 is 4.79 Å². The molecule has 2 aromatic heterocycles. The Bertz CT molecular complexity index is 840. The van der Waals surface area contributed by atoms with Gasteiger partial charge >= 0.3 is 0 Å². The number of H-pyrrole nitrogens is 1. The molecule has 1 aromatic carbocycles. The molecule has 0 atom stereocenters. The fourth-order valence-corrected chi connectivity index (χ4v) is 2.92. The van der Waals surface area contributed by atoms with Crippen molar-refractivity contribution in [3.63, 3.8) is 0 Å². The molecule has 0 radical (unpaired) electrons. The molecule has 7 nitrogen and oxygen atoms in total. The van der Waals surface area contributed by atoms with E-state index in [0.717, 1.165) is 24.3 Å². The number of rotatable bonds is 3. The van der Waals surface area contributed by atoms with Crippen LogP contribution in [0.4, 0.5) is 5.95 Å². The van der Waals surface area contributed by atoms with E-state index in [4.69, 9.17) is 0 Å². The Hall–Kier alpha value is -3.22. The SMILES string of the molecule is O=C(c1cc(-c2ccccc2)n[nH]1)N1CCN(c2ncccn2)CC1. The molecule has 0 unspecified atom stereocenters. The van der Waals surface area contributed by atoms with E-state index in [1.807, 2.05) is 41.3 Å². The Labute approximate surface area is 145 Å². The van der Waals surface area contributed by atoms with E-state index >= 15 is 0 Å². The van der Waals surface area contributed by atoms with E-state index in [2.05, 4.69) is 25.1 Å². The predicted octanol–water partition coefficient (Wildman–Crippen LogP) is 1.83. The topological polar surface area (TPSA) is 78.0 Å². The zero-order valence-electron chi connectivity index (χ0n) is 13.7. The van der Waals surface area contributed by atoms with Crippen LogP contribution in [0.25, 0.3) is 11.3 Å². The molecule has 1 N–H and O–H groups in total. The van der Waals surface area contributed by atoms with Crippen LogP contribution in [0.3, 0.4) is 0 Å². The first-order valence-corrected chi connectivity index (χ1v) is 8.23. The van der Waals surface area contributed by atoms with Gasteiger partial charge in [0.2, 0.25) is 5.95 Å². The smallest absolute Gasteiger partial charge is 0.272 e. The highest BCUT2D eigenvalue weighted by molar-refractivity contribution is 5.93. The van der Waals surface area contributed by atoms with E-state index in [-0.39, 0.29) is 5.91 Å². The van der Waals surface area contributed by atoms with Crippen molar-refractivity contribution in [2.45, 2.75) is 0 Å². The van der Waals surface area contributed by atoms with Crippen LogP contribution in [0.2, 0.25) is 0 Å². The van der Waals surface area contributed by atoms with Gasteiger partial charge in [-0.25, -0.2) is 9.97 Å². The quantitative estimate of drug-likeness (QED) is 0.791. The van der Waals surface area contributed by atoms with E-state index in [9.17, 15) is 4.79 Å². The number of anilines is 1. The Kier molecular flexibility index (Phi) is 4.12. The number of aromatic amines is 1. The number of nitrogens with zero attached hydrogens (tertiary/aromatic N) is 5. The second kappa shape index (κ2) is 6.72. The maximum absolute atomic E-state index is 12.7.